The minimum Gasteiger partial charge on any atom is -0.419 e. The summed E-state index contributed by atoms with van der Waals surface area (Å²) in [5.74, 6) is -3.26. The number of anilines is 1. The monoisotopic (exact) mass is 403 g/mol. The van der Waals surface area contributed by atoms with Gasteiger partial charge < -0.3 is 14.8 Å². The van der Waals surface area contributed by atoms with E-state index < -0.39 is 43.0 Å². The molecule has 0 amide bonds. The zero-order chi connectivity index (χ0) is 19.9. The van der Waals surface area contributed by atoms with Crippen LogP contribution < -0.4 is 5.32 Å². The Bertz CT molecular complexity index is 947. The lowest BCUT2D eigenvalue weighted by Gasteiger charge is -2.29. The van der Waals surface area contributed by atoms with Gasteiger partial charge in [-0.15, -0.1) is 0 Å². The predicted octanol–water partition coefficient (Wildman–Crippen LogP) is 0.625. The van der Waals surface area contributed by atoms with Crippen molar-refractivity contribution in [1.29, 1.82) is 0 Å². The van der Waals surface area contributed by atoms with Crippen molar-refractivity contribution in [3.8, 4) is 0 Å². The summed E-state index contributed by atoms with van der Waals surface area (Å²) in [6.45, 7) is 2.78. The molecule has 1 saturated heterocycles. The third-order valence-electron chi connectivity index (χ3n) is 3.24. The predicted molar refractivity (Wildman–Crippen MR) is 90.6 cm³/mol. The van der Waals surface area contributed by atoms with Crippen LogP contribution >= 0.6 is 0 Å². The molecule has 0 aliphatic carbocycles. The number of rotatable bonds is 4. The zero-order valence-electron chi connectivity index (χ0n) is 14.4. The molecule has 0 unspecified atom stereocenters. The third kappa shape index (κ3) is 4.61. The van der Waals surface area contributed by atoms with E-state index in [0.29, 0.717) is 0 Å². The first-order valence-electron chi connectivity index (χ1n) is 7.18. The van der Waals surface area contributed by atoms with Crippen molar-refractivity contribution in [2.24, 2.45) is 0 Å². The van der Waals surface area contributed by atoms with Crippen LogP contribution in [0.1, 0.15) is 13.8 Å². The van der Waals surface area contributed by atoms with Gasteiger partial charge in [-0.05, 0) is 18.2 Å². The lowest BCUT2D eigenvalue weighted by Crippen LogP contribution is -2.42. The maximum Gasteiger partial charge on any atom is 0.350 e. The molecule has 9 nitrogen and oxygen atoms in total. The third-order valence-corrected chi connectivity index (χ3v) is 5.42. The highest BCUT2D eigenvalue weighted by Crippen LogP contribution is 2.25. The molecule has 1 aromatic rings. The number of hydrogen-bond acceptors (Lipinski definition) is 9. The van der Waals surface area contributed by atoms with Gasteiger partial charge in [0, 0.05) is 38.2 Å². The van der Waals surface area contributed by atoms with Crippen molar-refractivity contribution >= 4 is 37.3 Å². The second-order valence-corrected chi connectivity index (χ2v) is 10.2. The Morgan fingerprint density at radius 2 is 1.31 bits per heavy atom. The Balaban J connectivity index is 2.44. The summed E-state index contributed by atoms with van der Waals surface area (Å²) in [4.78, 5) is 23.3. The van der Waals surface area contributed by atoms with Gasteiger partial charge in [-0.2, -0.15) is 0 Å². The van der Waals surface area contributed by atoms with E-state index in [1.54, 1.807) is 0 Å². The van der Waals surface area contributed by atoms with Gasteiger partial charge in [-0.3, -0.25) is 0 Å². The van der Waals surface area contributed by atoms with Gasteiger partial charge in [0.15, 0.2) is 25.2 Å². The number of carbonyl (C=O) groups is 2. The minimum atomic E-state index is -3.70. The molecular weight excluding hydrogens is 386 g/mol. The molecule has 11 heteroatoms. The van der Waals surface area contributed by atoms with E-state index in [1.807, 2.05) is 0 Å². The van der Waals surface area contributed by atoms with Gasteiger partial charge in [0.1, 0.15) is 0 Å². The largest absolute Gasteiger partial charge is 0.419 e. The van der Waals surface area contributed by atoms with Crippen molar-refractivity contribution in [2.45, 2.75) is 29.4 Å². The van der Waals surface area contributed by atoms with E-state index in [2.05, 4.69) is 5.32 Å². The Hall–Kier alpha value is -2.40. The molecule has 0 aromatic heterocycles. The molecule has 142 valence electrons. The molecule has 0 spiro atoms. The second kappa shape index (κ2) is 6.40. The maximum atomic E-state index is 11.9. The number of carbonyl (C=O) groups excluding carboxylic acids is 2. The molecule has 1 fully saturated rings. The van der Waals surface area contributed by atoms with Crippen molar-refractivity contribution in [3.63, 3.8) is 0 Å². The van der Waals surface area contributed by atoms with E-state index in [9.17, 15) is 26.4 Å². The first kappa shape index (κ1) is 19.9. The normalized spacial score (nSPS) is 17.3. The highest BCUT2D eigenvalue weighted by Gasteiger charge is 2.38. The Morgan fingerprint density at radius 1 is 0.885 bits per heavy atom. The zero-order valence-corrected chi connectivity index (χ0v) is 16.0. The first-order valence-corrected chi connectivity index (χ1v) is 11.0. The summed E-state index contributed by atoms with van der Waals surface area (Å²) < 4.78 is 56.9. The van der Waals surface area contributed by atoms with E-state index in [1.165, 1.54) is 26.0 Å². The highest BCUT2D eigenvalue weighted by atomic mass is 32.2. The van der Waals surface area contributed by atoms with Crippen LogP contribution in [0.25, 0.3) is 0 Å². The van der Waals surface area contributed by atoms with Gasteiger partial charge >= 0.3 is 11.9 Å². The van der Waals surface area contributed by atoms with Crippen molar-refractivity contribution < 1.29 is 35.9 Å². The fourth-order valence-electron chi connectivity index (χ4n) is 2.02. The van der Waals surface area contributed by atoms with Crippen molar-refractivity contribution in [3.05, 3.63) is 30.0 Å². The number of cyclic esters (lactones) is 2. The minimum absolute atomic E-state index is 0.0475. The van der Waals surface area contributed by atoms with Gasteiger partial charge in [0.2, 0.25) is 0 Å². The molecule has 0 radical (unpaired) electrons. The van der Waals surface area contributed by atoms with Crippen LogP contribution in [0, 0.1) is 0 Å². The van der Waals surface area contributed by atoms with Gasteiger partial charge in [-0.25, -0.2) is 26.4 Å². The van der Waals surface area contributed by atoms with Crippen molar-refractivity contribution in [2.75, 3.05) is 17.8 Å². The van der Waals surface area contributed by atoms with Crippen LogP contribution in [-0.4, -0.2) is 47.1 Å². The van der Waals surface area contributed by atoms with Crippen LogP contribution in [0.2, 0.25) is 0 Å². The first-order chi connectivity index (χ1) is 11.7. The average Bonchev–Trinajstić information content (AvgIpc) is 2.42. The van der Waals surface area contributed by atoms with E-state index >= 15 is 0 Å². The van der Waals surface area contributed by atoms with E-state index in [0.717, 1.165) is 24.8 Å². The number of benzene rings is 1. The van der Waals surface area contributed by atoms with Crippen LogP contribution in [0.3, 0.4) is 0 Å². The van der Waals surface area contributed by atoms with Gasteiger partial charge in [0.05, 0.1) is 9.79 Å². The lowest BCUT2D eigenvalue weighted by molar-refractivity contribution is -0.222. The molecule has 1 aromatic carbocycles. The molecule has 2 rings (SSSR count). The number of sulfone groups is 2. The van der Waals surface area contributed by atoms with Crippen LogP contribution in [-0.2, 0) is 38.7 Å². The average molecular weight is 403 g/mol. The van der Waals surface area contributed by atoms with Crippen LogP contribution in [0.5, 0.6) is 0 Å². The molecule has 1 N–H and O–H groups in total. The van der Waals surface area contributed by atoms with E-state index in [4.69, 9.17) is 9.47 Å². The molecule has 0 saturated carbocycles. The van der Waals surface area contributed by atoms with Gasteiger partial charge in [0.25, 0.3) is 5.79 Å². The topological polar surface area (TPSA) is 133 Å². The fourth-order valence-corrected chi connectivity index (χ4v) is 3.46. The standard InChI is InChI=1S/C15H17NO8S2/c1-15(2)23-13(17)12(14(18)24-15)8-16-9-5-10(25(3,19)20)7-11(6-9)26(4,21)22/h5-8,16H,1-4H3. The van der Waals surface area contributed by atoms with Crippen LogP contribution in [0.15, 0.2) is 39.8 Å². The number of hydrogen-bond donors (Lipinski definition) is 1. The number of ether oxygens (including phenoxy) is 2. The SMILES string of the molecule is CC1(C)OC(=O)C(=CNc2cc(S(C)(=O)=O)cc(S(C)(=O)=O)c2)C(=O)O1. The molecule has 0 atom stereocenters. The van der Waals surface area contributed by atoms with Gasteiger partial charge in [-0.1, -0.05) is 0 Å². The molecule has 1 heterocycles. The molecule has 0 bridgehead atoms. The van der Waals surface area contributed by atoms with E-state index in [-0.39, 0.29) is 15.5 Å². The van der Waals surface area contributed by atoms with Crippen LogP contribution in [0.4, 0.5) is 5.69 Å². The number of esters is 2. The Labute approximate surface area is 150 Å². The summed E-state index contributed by atoms with van der Waals surface area (Å²) in [7, 11) is -7.39. The fraction of sp³-hybridized carbons (Fsp3) is 0.333. The molecular formula is C15H17NO8S2. The molecule has 26 heavy (non-hydrogen) atoms. The summed E-state index contributed by atoms with van der Waals surface area (Å²) in [5, 5.41) is 2.53. The quantitative estimate of drug-likeness (QED) is 0.436. The second-order valence-electron chi connectivity index (χ2n) is 6.12. The summed E-state index contributed by atoms with van der Waals surface area (Å²) in [6.07, 6.45) is 2.82. The van der Waals surface area contributed by atoms with Crippen molar-refractivity contribution in [1.82, 2.24) is 0 Å². The lowest BCUT2D eigenvalue weighted by atomic mass is 10.2. The summed E-state index contributed by atoms with van der Waals surface area (Å²) in [6, 6.07) is 3.36. The summed E-state index contributed by atoms with van der Waals surface area (Å²) in [5.41, 5.74) is -0.402. The maximum absolute atomic E-state index is 11.9. The highest BCUT2D eigenvalue weighted by molar-refractivity contribution is 7.91. The smallest absolute Gasteiger partial charge is 0.350 e. The number of nitrogens with one attached hydrogen (secondary N) is 1. The Morgan fingerprint density at radius 3 is 1.69 bits per heavy atom. The Kier molecular flexibility index (Phi) is 4.90. The molecule has 1 aliphatic heterocycles. The summed E-state index contributed by atoms with van der Waals surface area (Å²) >= 11 is 0. The molecule has 1 aliphatic rings.